The third-order valence-electron chi connectivity index (χ3n) is 5.29. The second kappa shape index (κ2) is 10.4. The van der Waals surface area contributed by atoms with Gasteiger partial charge in [-0.25, -0.2) is 4.39 Å². The van der Waals surface area contributed by atoms with Crippen LogP contribution in [-0.2, 0) is 18.8 Å². The van der Waals surface area contributed by atoms with Crippen LogP contribution in [0.1, 0.15) is 34.0 Å². The van der Waals surface area contributed by atoms with Gasteiger partial charge in [-0.15, -0.1) is 10.2 Å². The van der Waals surface area contributed by atoms with Crippen LogP contribution in [0, 0.1) is 12.7 Å². The van der Waals surface area contributed by atoms with Gasteiger partial charge in [0.15, 0.2) is 11.0 Å². The summed E-state index contributed by atoms with van der Waals surface area (Å²) in [4.78, 5) is 12.4. The van der Waals surface area contributed by atoms with E-state index in [0.29, 0.717) is 12.1 Å². The Hall–Kier alpha value is -3.45. The van der Waals surface area contributed by atoms with Gasteiger partial charge < -0.3 is 9.88 Å². The standard InChI is InChI=1S/C26H25FN4OS/c1-3-31-24(21-10-4-18(2)5-11-21)29-30-26(31)33-17-20-6-12-22(13-7-20)25(32)28-16-19-8-14-23(27)15-9-19/h4-15H,3,16-17H2,1-2H3,(H,28,32). The Balaban J connectivity index is 1.36. The molecule has 4 aromatic rings. The Kier molecular flexibility index (Phi) is 7.19. The van der Waals surface area contributed by atoms with Gasteiger partial charge in [0.25, 0.3) is 5.91 Å². The van der Waals surface area contributed by atoms with Crippen LogP contribution in [0.2, 0.25) is 0 Å². The number of aryl methyl sites for hydroxylation is 1. The van der Waals surface area contributed by atoms with Gasteiger partial charge in [0.2, 0.25) is 0 Å². The summed E-state index contributed by atoms with van der Waals surface area (Å²) in [6.45, 7) is 5.29. The van der Waals surface area contributed by atoms with Gasteiger partial charge in [0, 0.05) is 30.0 Å². The molecule has 1 aromatic heterocycles. The quantitative estimate of drug-likeness (QED) is 0.346. The first kappa shape index (κ1) is 22.7. The first-order chi connectivity index (χ1) is 16.0. The fourth-order valence-electron chi connectivity index (χ4n) is 3.38. The molecule has 0 saturated carbocycles. The smallest absolute Gasteiger partial charge is 0.251 e. The fourth-order valence-corrected chi connectivity index (χ4v) is 4.34. The SMILES string of the molecule is CCn1c(SCc2ccc(C(=O)NCc3ccc(F)cc3)cc2)nnc1-c1ccc(C)cc1. The molecule has 0 saturated heterocycles. The molecule has 3 aromatic carbocycles. The molecule has 0 fully saturated rings. The molecular formula is C26H25FN4OS. The Morgan fingerprint density at radius 2 is 1.61 bits per heavy atom. The number of nitrogens with one attached hydrogen (secondary N) is 1. The molecule has 0 bridgehead atoms. The normalized spacial score (nSPS) is 10.9. The number of hydrogen-bond donors (Lipinski definition) is 1. The molecule has 0 aliphatic rings. The summed E-state index contributed by atoms with van der Waals surface area (Å²) in [6.07, 6.45) is 0. The molecule has 1 amide bonds. The number of benzene rings is 3. The predicted octanol–water partition coefficient (Wildman–Crippen LogP) is 5.63. The summed E-state index contributed by atoms with van der Waals surface area (Å²) in [5.74, 6) is 1.14. The minimum absolute atomic E-state index is 0.160. The summed E-state index contributed by atoms with van der Waals surface area (Å²) in [5, 5.41) is 12.5. The van der Waals surface area contributed by atoms with E-state index in [1.54, 1.807) is 23.9 Å². The maximum Gasteiger partial charge on any atom is 0.251 e. The van der Waals surface area contributed by atoms with Crippen molar-refractivity contribution < 1.29 is 9.18 Å². The highest BCUT2D eigenvalue weighted by atomic mass is 32.2. The highest BCUT2D eigenvalue weighted by Gasteiger charge is 2.13. The van der Waals surface area contributed by atoms with E-state index in [4.69, 9.17) is 0 Å². The van der Waals surface area contributed by atoms with Gasteiger partial charge in [-0.1, -0.05) is 65.9 Å². The molecule has 33 heavy (non-hydrogen) atoms. The minimum Gasteiger partial charge on any atom is -0.348 e. The third-order valence-corrected chi connectivity index (χ3v) is 6.33. The number of carbonyl (C=O) groups excluding carboxylic acids is 1. The number of halogens is 1. The lowest BCUT2D eigenvalue weighted by atomic mass is 10.1. The highest BCUT2D eigenvalue weighted by molar-refractivity contribution is 7.98. The van der Waals surface area contributed by atoms with Crippen LogP contribution < -0.4 is 5.32 Å². The highest BCUT2D eigenvalue weighted by Crippen LogP contribution is 2.26. The van der Waals surface area contributed by atoms with Crippen LogP contribution in [0.3, 0.4) is 0 Å². The van der Waals surface area contributed by atoms with Crippen molar-refractivity contribution in [2.75, 3.05) is 0 Å². The summed E-state index contributed by atoms with van der Waals surface area (Å²) in [6, 6.07) is 21.9. The average Bonchev–Trinajstić information content (AvgIpc) is 3.26. The maximum atomic E-state index is 13.0. The fraction of sp³-hybridized carbons (Fsp3) is 0.192. The molecule has 1 N–H and O–H groups in total. The van der Waals surface area contributed by atoms with E-state index in [1.807, 2.05) is 24.3 Å². The van der Waals surface area contributed by atoms with Crippen LogP contribution in [0.5, 0.6) is 0 Å². The van der Waals surface area contributed by atoms with E-state index >= 15 is 0 Å². The molecule has 7 heteroatoms. The Bertz CT molecular complexity index is 1220. The van der Waals surface area contributed by atoms with Crippen LogP contribution in [0.25, 0.3) is 11.4 Å². The summed E-state index contributed by atoms with van der Waals surface area (Å²) in [7, 11) is 0. The number of hydrogen-bond acceptors (Lipinski definition) is 4. The number of thioether (sulfide) groups is 1. The van der Waals surface area contributed by atoms with Crippen molar-refractivity contribution in [2.24, 2.45) is 0 Å². The molecule has 168 valence electrons. The molecule has 4 rings (SSSR count). The van der Waals surface area contributed by atoms with Crippen LogP contribution in [0.4, 0.5) is 4.39 Å². The zero-order chi connectivity index (χ0) is 23.2. The second-order valence-electron chi connectivity index (χ2n) is 7.71. The van der Waals surface area contributed by atoms with Gasteiger partial charge >= 0.3 is 0 Å². The van der Waals surface area contributed by atoms with Gasteiger partial charge in [-0.3, -0.25) is 4.79 Å². The molecular weight excluding hydrogens is 435 g/mol. The number of rotatable bonds is 8. The van der Waals surface area contributed by atoms with Gasteiger partial charge in [0.05, 0.1) is 0 Å². The number of aromatic nitrogens is 3. The molecule has 5 nitrogen and oxygen atoms in total. The van der Waals surface area contributed by atoms with Crippen molar-refractivity contribution in [1.29, 1.82) is 0 Å². The summed E-state index contributed by atoms with van der Waals surface area (Å²) in [5.41, 5.74) is 4.80. The van der Waals surface area contributed by atoms with Crippen molar-refractivity contribution in [3.05, 3.63) is 101 Å². The molecule has 0 aliphatic heterocycles. The Labute approximate surface area is 197 Å². The van der Waals surface area contributed by atoms with Gasteiger partial charge in [-0.05, 0) is 49.2 Å². The molecule has 0 radical (unpaired) electrons. The van der Waals surface area contributed by atoms with Crippen molar-refractivity contribution in [2.45, 2.75) is 37.8 Å². The van der Waals surface area contributed by atoms with E-state index in [0.717, 1.165) is 40.0 Å². The van der Waals surface area contributed by atoms with E-state index in [-0.39, 0.29) is 11.7 Å². The van der Waals surface area contributed by atoms with Crippen LogP contribution >= 0.6 is 11.8 Å². The van der Waals surface area contributed by atoms with E-state index in [1.165, 1.54) is 17.7 Å². The average molecular weight is 461 g/mol. The van der Waals surface area contributed by atoms with Crippen molar-refractivity contribution in [3.63, 3.8) is 0 Å². The molecule has 0 aliphatic carbocycles. The zero-order valence-electron chi connectivity index (χ0n) is 18.6. The Morgan fingerprint density at radius 1 is 0.939 bits per heavy atom. The maximum absolute atomic E-state index is 13.0. The van der Waals surface area contributed by atoms with Crippen molar-refractivity contribution in [3.8, 4) is 11.4 Å². The van der Waals surface area contributed by atoms with E-state index < -0.39 is 0 Å². The molecule has 0 atom stereocenters. The zero-order valence-corrected chi connectivity index (χ0v) is 19.4. The third kappa shape index (κ3) is 5.68. The molecule has 0 spiro atoms. The lowest BCUT2D eigenvalue weighted by molar-refractivity contribution is 0.0951. The predicted molar refractivity (Wildman–Crippen MR) is 129 cm³/mol. The van der Waals surface area contributed by atoms with Crippen LogP contribution in [-0.4, -0.2) is 20.7 Å². The van der Waals surface area contributed by atoms with Crippen molar-refractivity contribution in [1.82, 2.24) is 20.1 Å². The minimum atomic E-state index is -0.290. The van der Waals surface area contributed by atoms with E-state index in [2.05, 4.69) is 58.2 Å². The summed E-state index contributed by atoms with van der Waals surface area (Å²) < 4.78 is 15.1. The molecule has 1 heterocycles. The second-order valence-corrected chi connectivity index (χ2v) is 8.65. The van der Waals surface area contributed by atoms with Crippen LogP contribution in [0.15, 0.2) is 78.0 Å². The number of nitrogens with zero attached hydrogens (tertiary/aromatic N) is 3. The lowest BCUT2D eigenvalue weighted by Crippen LogP contribution is -2.22. The Morgan fingerprint density at radius 3 is 2.27 bits per heavy atom. The first-order valence-electron chi connectivity index (χ1n) is 10.8. The van der Waals surface area contributed by atoms with Crippen molar-refractivity contribution >= 4 is 17.7 Å². The monoisotopic (exact) mass is 460 g/mol. The summed E-state index contributed by atoms with van der Waals surface area (Å²) >= 11 is 1.62. The number of carbonyl (C=O) groups is 1. The largest absolute Gasteiger partial charge is 0.348 e. The van der Waals surface area contributed by atoms with Gasteiger partial charge in [0.1, 0.15) is 5.82 Å². The topological polar surface area (TPSA) is 59.8 Å². The first-order valence-corrected chi connectivity index (χ1v) is 11.8. The number of amides is 1. The van der Waals surface area contributed by atoms with Gasteiger partial charge in [-0.2, -0.15) is 0 Å². The lowest BCUT2D eigenvalue weighted by Gasteiger charge is -2.08. The van der Waals surface area contributed by atoms with E-state index in [9.17, 15) is 9.18 Å². The molecule has 0 unspecified atom stereocenters.